The van der Waals surface area contributed by atoms with Gasteiger partial charge in [0, 0.05) is 10.4 Å². The predicted octanol–water partition coefficient (Wildman–Crippen LogP) is 4.79. The van der Waals surface area contributed by atoms with Crippen molar-refractivity contribution in [2.24, 2.45) is 5.92 Å². The molecule has 1 unspecified atom stereocenters. The first kappa shape index (κ1) is 18.2. The monoisotopic (exact) mass is 383 g/mol. The van der Waals surface area contributed by atoms with E-state index in [4.69, 9.17) is 4.74 Å². The molecule has 27 heavy (non-hydrogen) atoms. The molecule has 1 heterocycles. The molecule has 0 saturated heterocycles. The Morgan fingerprint density at radius 3 is 2.70 bits per heavy atom. The zero-order valence-corrected chi connectivity index (χ0v) is 16.7. The van der Waals surface area contributed by atoms with Crippen LogP contribution >= 0.6 is 11.3 Å². The molecule has 0 aliphatic heterocycles. The summed E-state index contributed by atoms with van der Waals surface area (Å²) in [6, 6.07) is 5.98. The Hall–Kier alpha value is -2.14. The van der Waals surface area contributed by atoms with Crippen LogP contribution in [-0.2, 0) is 30.4 Å². The van der Waals surface area contributed by atoms with E-state index in [0.717, 1.165) is 37.7 Å². The quantitative estimate of drug-likeness (QED) is 0.775. The van der Waals surface area contributed by atoms with Crippen molar-refractivity contribution in [2.75, 3.05) is 12.4 Å². The number of benzene rings is 1. The lowest BCUT2D eigenvalue weighted by Gasteiger charge is -2.18. The number of esters is 1. The molecule has 1 amide bonds. The highest BCUT2D eigenvalue weighted by Crippen LogP contribution is 2.40. The first-order valence-electron chi connectivity index (χ1n) is 9.72. The number of fused-ring (bicyclic) bond motifs is 2. The topological polar surface area (TPSA) is 55.4 Å². The average Bonchev–Trinajstić information content (AvgIpc) is 3.03. The third kappa shape index (κ3) is 3.53. The van der Waals surface area contributed by atoms with Gasteiger partial charge in [0.15, 0.2) is 0 Å². The van der Waals surface area contributed by atoms with Crippen molar-refractivity contribution in [1.29, 1.82) is 0 Å². The lowest BCUT2D eigenvalue weighted by Crippen LogP contribution is -2.16. The summed E-state index contributed by atoms with van der Waals surface area (Å²) >= 11 is 1.53. The van der Waals surface area contributed by atoms with Gasteiger partial charge in [-0.05, 0) is 79.7 Å². The molecule has 2 aliphatic carbocycles. The number of hydrogen-bond acceptors (Lipinski definition) is 4. The molecule has 5 heteroatoms. The summed E-state index contributed by atoms with van der Waals surface area (Å²) in [7, 11) is 1.40. The normalized spacial score (nSPS) is 18.4. The second-order valence-electron chi connectivity index (χ2n) is 7.69. The maximum absolute atomic E-state index is 12.9. The lowest BCUT2D eigenvalue weighted by molar-refractivity contribution is 0.0601. The summed E-state index contributed by atoms with van der Waals surface area (Å²) in [5, 5.41) is 3.63. The molecule has 142 valence electrons. The van der Waals surface area contributed by atoms with E-state index in [9.17, 15) is 9.59 Å². The Labute approximate surface area is 163 Å². The van der Waals surface area contributed by atoms with Crippen LogP contribution in [-0.4, -0.2) is 19.0 Å². The predicted molar refractivity (Wildman–Crippen MR) is 108 cm³/mol. The fourth-order valence-corrected chi connectivity index (χ4v) is 5.60. The molecule has 1 aromatic carbocycles. The summed E-state index contributed by atoms with van der Waals surface area (Å²) in [5.74, 6) is 0.0915. The molecule has 0 bridgehead atoms. The van der Waals surface area contributed by atoms with Crippen molar-refractivity contribution in [1.82, 2.24) is 0 Å². The maximum atomic E-state index is 12.9. The van der Waals surface area contributed by atoms with E-state index < -0.39 is 0 Å². The molecule has 0 saturated carbocycles. The molecular weight excluding hydrogens is 358 g/mol. The number of ether oxygens (including phenoxy) is 1. The summed E-state index contributed by atoms with van der Waals surface area (Å²) in [5.41, 5.74) is 4.91. The zero-order chi connectivity index (χ0) is 19.0. The van der Waals surface area contributed by atoms with Crippen LogP contribution in [0.5, 0.6) is 0 Å². The van der Waals surface area contributed by atoms with Crippen LogP contribution in [0.4, 0.5) is 5.00 Å². The largest absolute Gasteiger partial charge is 0.465 e. The summed E-state index contributed by atoms with van der Waals surface area (Å²) in [6.07, 6.45) is 7.42. The van der Waals surface area contributed by atoms with Gasteiger partial charge in [0.1, 0.15) is 5.00 Å². The van der Waals surface area contributed by atoms with Crippen LogP contribution in [0.25, 0.3) is 0 Å². The van der Waals surface area contributed by atoms with Crippen LogP contribution in [0.2, 0.25) is 0 Å². The van der Waals surface area contributed by atoms with Gasteiger partial charge in [-0.3, -0.25) is 4.79 Å². The summed E-state index contributed by atoms with van der Waals surface area (Å²) in [4.78, 5) is 26.5. The molecule has 4 nitrogen and oxygen atoms in total. The molecule has 0 spiro atoms. The molecule has 1 aromatic heterocycles. The third-order valence-corrected chi connectivity index (χ3v) is 6.91. The van der Waals surface area contributed by atoms with E-state index in [1.165, 1.54) is 47.3 Å². The number of rotatable bonds is 3. The maximum Gasteiger partial charge on any atom is 0.341 e. The van der Waals surface area contributed by atoms with Crippen molar-refractivity contribution in [3.63, 3.8) is 0 Å². The van der Waals surface area contributed by atoms with Crippen molar-refractivity contribution < 1.29 is 14.3 Å². The van der Waals surface area contributed by atoms with Gasteiger partial charge in [0.2, 0.25) is 0 Å². The van der Waals surface area contributed by atoms with E-state index in [2.05, 4.69) is 18.3 Å². The molecule has 4 rings (SSSR count). The highest BCUT2D eigenvalue weighted by atomic mass is 32.1. The molecule has 1 N–H and O–H groups in total. The van der Waals surface area contributed by atoms with E-state index in [1.807, 2.05) is 12.1 Å². The number of methoxy groups -OCH3 is 1. The minimum Gasteiger partial charge on any atom is -0.465 e. The SMILES string of the molecule is COC(=O)c1c(NC(=O)c2ccc3c(c2)CCCC3)sc2c1CCC(C)C2. The number of nitrogens with one attached hydrogen (secondary N) is 1. The van der Waals surface area contributed by atoms with Crippen LogP contribution < -0.4 is 5.32 Å². The number of amides is 1. The minimum absolute atomic E-state index is 0.153. The molecule has 1 atom stereocenters. The number of thiophene rings is 1. The van der Waals surface area contributed by atoms with Gasteiger partial charge in [-0.15, -0.1) is 11.3 Å². The standard InChI is InChI=1S/C22H25NO3S/c1-13-7-10-17-18(11-13)27-21(19(17)22(25)26-2)23-20(24)16-9-8-14-5-3-4-6-15(14)12-16/h8-9,12-13H,3-7,10-11H2,1-2H3,(H,23,24). The number of anilines is 1. The molecule has 2 aromatic rings. The van der Waals surface area contributed by atoms with Crippen LogP contribution in [0.3, 0.4) is 0 Å². The highest BCUT2D eigenvalue weighted by Gasteiger charge is 2.29. The average molecular weight is 384 g/mol. The molecular formula is C22H25NO3S. The van der Waals surface area contributed by atoms with Gasteiger partial charge in [-0.25, -0.2) is 4.79 Å². The third-order valence-electron chi connectivity index (χ3n) is 5.74. The van der Waals surface area contributed by atoms with E-state index in [0.29, 0.717) is 22.0 Å². The molecule has 2 aliphatic rings. The fraction of sp³-hybridized carbons (Fsp3) is 0.455. The number of hydrogen-bond donors (Lipinski definition) is 1. The van der Waals surface area contributed by atoms with Crippen LogP contribution in [0, 0.1) is 5.92 Å². The Morgan fingerprint density at radius 2 is 1.93 bits per heavy atom. The van der Waals surface area contributed by atoms with Gasteiger partial charge >= 0.3 is 5.97 Å². The number of aryl methyl sites for hydroxylation is 2. The van der Waals surface area contributed by atoms with Crippen LogP contribution in [0.15, 0.2) is 18.2 Å². The van der Waals surface area contributed by atoms with E-state index >= 15 is 0 Å². The number of carbonyl (C=O) groups excluding carboxylic acids is 2. The zero-order valence-electron chi connectivity index (χ0n) is 15.9. The van der Waals surface area contributed by atoms with Crippen molar-refractivity contribution in [3.05, 3.63) is 50.9 Å². The van der Waals surface area contributed by atoms with Crippen molar-refractivity contribution in [2.45, 2.75) is 51.9 Å². The lowest BCUT2D eigenvalue weighted by atomic mass is 9.88. The molecule has 0 fully saturated rings. The summed E-state index contributed by atoms with van der Waals surface area (Å²) < 4.78 is 5.01. The van der Waals surface area contributed by atoms with E-state index in [1.54, 1.807) is 0 Å². The van der Waals surface area contributed by atoms with Gasteiger partial charge < -0.3 is 10.1 Å². The van der Waals surface area contributed by atoms with Gasteiger partial charge in [-0.1, -0.05) is 13.0 Å². The summed E-state index contributed by atoms with van der Waals surface area (Å²) in [6.45, 7) is 2.23. The fourth-order valence-electron chi connectivity index (χ4n) is 4.21. The minimum atomic E-state index is -0.359. The Bertz CT molecular complexity index is 899. The Morgan fingerprint density at radius 1 is 1.15 bits per heavy atom. The van der Waals surface area contributed by atoms with Gasteiger partial charge in [0.05, 0.1) is 12.7 Å². The Kier molecular flexibility index (Phi) is 5.04. The first-order chi connectivity index (χ1) is 13.1. The second-order valence-corrected chi connectivity index (χ2v) is 8.80. The van der Waals surface area contributed by atoms with E-state index in [-0.39, 0.29) is 11.9 Å². The van der Waals surface area contributed by atoms with Gasteiger partial charge in [-0.2, -0.15) is 0 Å². The first-order valence-corrected chi connectivity index (χ1v) is 10.5. The smallest absolute Gasteiger partial charge is 0.341 e. The molecule has 0 radical (unpaired) electrons. The second kappa shape index (κ2) is 7.47. The van der Waals surface area contributed by atoms with Gasteiger partial charge in [0.25, 0.3) is 5.91 Å². The Balaban J connectivity index is 1.64. The van der Waals surface area contributed by atoms with Crippen molar-refractivity contribution in [3.8, 4) is 0 Å². The number of carbonyl (C=O) groups is 2. The highest BCUT2D eigenvalue weighted by molar-refractivity contribution is 7.17. The van der Waals surface area contributed by atoms with Crippen molar-refractivity contribution >= 4 is 28.2 Å². The van der Waals surface area contributed by atoms with Crippen LogP contribution in [0.1, 0.15) is 68.5 Å².